The van der Waals surface area contributed by atoms with Crippen molar-refractivity contribution in [3.63, 3.8) is 0 Å². The van der Waals surface area contributed by atoms with Crippen molar-refractivity contribution < 1.29 is 13.2 Å². The van der Waals surface area contributed by atoms with Crippen LogP contribution in [0.4, 0.5) is 18.9 Å². The summed E-state index contributed by atoms with van der Waals surface area (Å²) in [4.78, 5) is 4.16. The Kier molecular flexibility index (Phi) is 5.55. The van der Waals surface area contributed by atoms with Crippen molar-refractivity contribution >= 4 is 23.0 Å². The molecule has 1 heterocycles. The minimum Gasteiger partial charge on any atom is -0.346 e. The Labute approximate surface area is 150 Å². The Balaban J connectivity index is 1.52. The van der Waals surface area contributed by atoms with Crippen LogP contribution in [0, 0.1) is 17.5 Å². The van der Waals surface area contributed by atoms with E-state index in [-0.39, 0.29) is 11.5 Å². The summed E-state index contributed by atoms with van der Waals surface area (Å²) in [6, 6.07) is 9.91. The van der Waals surface area contributed by atoms with Gasteiger partial charge >= 0.3 is 0 Å². The van der Waals surface area contributed by atoms with E-state index in [1.165, 1.54) is 24.3 Å². The van der Waals surface area contributed by atoms with E-state index in [9.17, 15) is 13.2 Å². The monoisotopic (exact) mass is 365 g/mol. The number of hydrogen-bond acceptors (Lipinski definition) is 2. The second-order valence-electron chi connectivity index (χ2n) is 5.95. The maximum Gasteiger partial charge on any atom is 0.173 e. The van der Waals surface area contributed by atoms with Gasteiger partial charge in [-0.05, 0) is 42.0 Å². The molecule has 0 atom stereocenters. The van der Waals surface area contributed by atoms with Crippen LogP contribution < -0.4 is 5.32 Å². The molecule has 132 valence electrons. The summed E-state index contributed by atoms with van der Waals surface area (Å²) in [5.74, 6) is -1.53. The molecule has 7 heteroatoms. The van der Waals surface area contributed by atoms with Gasteiger partial charge in [0.2, 0.25) is 0 Å². The second-order valence-corrected chi connectivity index (χ2v) is 6.33. The van der Waals surface area contributed by atoms with Crippen LogP contribution in [0.15, 0.2) is 42.5 Å². The lowest BCUT2D eigenvalue weighted by molar-refractivity contribution is 0.177. The zero-order chi connectivity index (χ0) is 17.8. The van der Waals surface area contributed by atoms with E-state index < -0.39 is 11.6 Å². The van der Waals surface area contributed by atoms with Gasteiger partial charge in [0, 0.05) is 38.8 Å². The number of thiocarbonyl (C=S) groups is 1. The molecule has 0 bridgehead atoms. The normalized spacial score (nSPS) is 15.2. The van der Waals surface area contributed by atoms with E-state index in [4.69, 9.17) is 12.2 Å². The number of piperazine rings is 1. The zero-order valence-corrected chi connectivity index (χ0v) is 14.3. The number of halogens is 3. The van der Waals surface area contributed by atoms with E-state index in [0.717, 1.165) is 24.7 Å². The first-order valence-electron chi connectivity index (χ1n) is 7.99. The Bertz CT molecular complexity index is 761. The first-order valence-corrected chi connectivity index (χ1v) is 8.40. The Morgan fingerprint density at radius 2 is 1.68 bits per heavy atom. The van der Waals surface area contributed by atoms with Crippen LogP contribution in [-0.2, 0) is 6.54 Å². The largest absolute Gasteiger partial charge is 0.346 e. The fourth-order valence-corrected chi connectivity index (χ4v) is 3.08. The maximum absolute atomic E-state index is 13.7. The molecule has 3 nitrogen and oxygen atoms in total. The minimum absolute atomic E-state index is 0.161. The molecule has 0 aromatic heterocycles. The molecule has 1 aliphatic heterocycles. The predicted molar refractivity (Wildman–Crippen MR) is 95.8 cm³/mol. The lowest BCUT2D eigenvalue weighted by Crippen LogP contribution is -2.49. The van der Waals surface area contributed by atoms with Crippen LogP contribution in [0.25, 0.3) is 0 Å². The summed E-state index contributed by atoms with van der Waals surface area (Å²) in [5, 5.41) is 3.24. The summed E-state index contributed by atoms with van der Waals surface area (Å²) >= 11 is 5.32. The minimum atomic E-state index is -0.674. The SMILES string of the molecule is Fc1cccc(CN2CCN(C(=S)Nc3ccc(F)cc3F)CC2)c1. The highest BCUT2D eigenvalue weighted by molar-refractivity contribution is 7.80. The fourth-order valence-electron chi connectivity index (χ4n) is 2.79. The predicted octanol–water partition coefficient (Wildman–Crippen LogP) is 3.62. The van der Waals surface area contributed by atoms with E-state index in [1.54, 1.807) is 6.07 Å². The van der Waals surface area contributed by atoms with Gasteiger partial charge in [-0.2, -0.15) is 0 Å². The average Bonchev–Trinajstić information content (AvgIpc) is 2.58. The molecule has 25 heavy (non-hydrogen) atoms. The molecule has 0 amide bonds. The number of hydrogen-bond donors (Lipinski definition) is 1. The van der Waals surface area contributed by atoms with Crippen molar-refractivity contribution in [1.82, 2.24) is 9.80 Å². The number of anilines is 1. The molecular weight excluding hydrogens is 347 g/mol. The van der Waals surface area contributed by atoms with Gasteiger partial charge in [-0.15, -0.1) is 0 Å². The molecule has 0 unspecified atom stereocenters. The number of nitrogens with one attached hydrogen (secondary N) is 1. The molecule has 2 aromatic rings. The van der Waals surface area contributed by atoms with Crippen molar-refractivity contribution in [2.24, 2.45) is 0 Å². The standard InChI is InChI=1S/C18H18F3N3S/c19-14-3-1-2-13(10-14)12-23-6-8-24(9-7-23)18(25)22-17-5-4-15(20)11-16(17)21/h1-5,10-11H,6-9,12H2,(H,22,25). The molecule has 0 saturated carbocycles. The van der Waals surface area contributed by atoms with Gasteiger partial charge in [-0.3, -0.25) is 4.90 Å². The topological polar surface area (TPSA) is 18.5 Å². The van der Waals surface area contributed by atoms with Gasteiger partial charge in [-0.25, -0.2) is 13.2 Å². The molecule has 1 saturated heterocycles. The van der Waals surface area contributed by atoms with E-state index >= 15 is 0 Å². The van der Waals surface area contributed by atoms with Crippen LogP contribution in [0.3, 0.4) is 0 Å². The van der Waals surface area contributed by atoms with Crippen molar-refractivity contribution in [2.75, 3.05) is 31.5 Å². The van der Waals surface area contributed by atoms with E-state index in [2.05, 4.69) is 10.2 Å². The van der Waals surface area contributed by atoms with Gasteiger partial charge in [0.25, 0.3) is 0 Å². The molecule has 0 spiro atoms. The number of rotatable bonds is 3. The molecule has 1 N–H and O–H groups in total. The van der Waals surface area contributed by atoms with Crippen molar-refractivity contribution in [3.8, 4) is 0 Å². The van der Waals surface area contributed by atoms with Crippen molar-refractivity contribution in [2.45, 2.75) is 6.54 Å². The summed E-state index contributed by atoms with van der Waals surface area (Å²) < 4.78 is 39.9. The molecule has 0 radical (unpaired) electrons. The molecule has 2 aromatic carbocycles. The summed E-state index contributed by atoms with van der Waals surface area (Å²) in [5.41, 5.74) is 1.09. The summed E-state index contributed by atoms with van der Waals surface area (Å²) in [6.07, 6.45) is 0. The smallest absolute Gasteiger partial charge is 0.173 e. The van der Waals surface area contributed by atoms with Crippen LogP contribution in [0.1, 0.15) is 5.56 Å². The third-order valence-electron chi connectivity index (χ3n) is 4.13. The van der Waals surface area contributed by atoms with Crippen LogP contribution in [0.2, 0.25) is 0 Å². The van der Waals surface area contributed by atoms with E-state index in [0.29, 0.717) is 24.7 Å². The van der Waals surface area contributed by atoms with Gasteiger partial charge < -0.3 is 10.2 Å². The quantitative estimate of drug-likeness (QED) is 0.837. The molecule has 3 rings (SSSR count). The fraction of sp³-hybridized carbons (Fsp3) is 0.278. The lowest BCUT2D eigenvalue weighted by atomic mass is 10.2. The molecular formula is C18H18F3N3S. The zero-order valence-electron chi connectivity index (χ0n) is 13.5. The molecule has 1 aliphatic rings. The number of benzene rings is 2. The first kappa shape index (κ1) is 17.7. The van der Waals surface area contributed by atoms with E-state index in [1.807, 2.05) is 11.0 Å². The van der Waals surface area contributed by atoms with Gasteiger partial charge in [-0.1, -0.05) is 12.1 Å². The Hall–Kier alpha value is -2.12. The second kappa shape index (κ2) is 7.84. The highest BCUT2D eigenvalue weighted by Gasteiger charge is 2.19. The highest BCUT2D eigenvalue weighted by atomic mass is 32.1. The lowest BCUT2D eigenvalue weighted by Gasteiger charge is -2.36. The average molecular weight is 365 g/mol. The Morgan fingerprint density at radius 1 is 0.960 bits per heavy atom. The van der Waals surface area contributed by atoms with Crippen LogP contribution in [-0.4, -0.2) is 41.1 Å². The van der Waals surface area contributed by atoms with Crippen molar-refractivity contribution in [1.29, 1.82) is 0 Å². The van der Waals surface area contributed by atoms with Gasteiger partial charge in [0.15, 0.2) is 5.11 Å². The highest BCUT2D eigenvalue weighted by Crippen LogP contribution is 2.16. The Morgan fingerprint density at radius 3 is 2.36 bits per heavy atom. The third-order valence-corrected chi connectivity index (χ3v) is 4.49. The molecule has 0 aliphatic carbocycles. The van der Waals surface area contributed by atoms with Gasteiger partial charge in [0.05, 0.1) is 5.69 Å². The first-order chi connectivity index (χ1) is 12.0. The number of nitrogens with zero attached hydrogens (tertiary/aromatic N) is 2. The maximum atomic E-state index is 13.7. The van der Waals surface area contributed by atoms with Crippen molar-refractivity contribution in [3.05, 3.63) is 65.5 Å². The van der Waals surface area contributed by atoms with Gasteiger partial charge in [0.1, 0.15) is 17.5 Å². The molecule has 1 fully saturated rings. The summed E-state index contributed by atoms with van der Waals surface area (Å²) in [7, 11) is 0. The summed E-state index contributed by atoms with van der Waals surface area (Å²) in [6.45, 7) is 3.58. The third kappa shape index (κ3) is 4.70. The van der Waals surface area contributed by atoms with Crippen LogP contribution in [0.5, 0.6) is 0 Å². The van der Waals surface area contributed by atoms with Crippen LogP contribution >= 0.6 is 12.2 Å².